The number of piperidine rings is 3. The fraction of sp³-hybridized carbons (Fsp3) is 1.00. The molecule has 0 radical (unpaired) electrons. The van der Waals surface area contributed by atoms with Crippen LogP contribution < -0.4 is 5.32 Å². The minimum absolute atomic E-state index is 0.708. The van der Waals surface area contributed by atoms with Crippen LogP contribution in [0.2, 0.25) is 0 Å². The van der Waals surface area contributed by atoms with Crippen LogP contribution in [-0.2, 0) is 9.47 Å². The first-order chi connectivity index (χ1) is 8.40. The van der Waals surface area contributed by atoms with Gasteiger partial charge in [-0.2, -0.15) is 0 Å². The Morgan fingerprint density at radius 1 is 1.18 bits per heavy atom. The molecule has 1 atom stereocenters. The van der Waals surface area contributed by atoms with E-state index in [9.17, 15) is 0 Å². The Morgan fingerprint density at radius 3 is 2.65 bits per heavy atom. The summed E-state index contributed by atoms with van der Waals surface area (Å²) in [4.78, 5) is 2.58. The molecule has 100 valence electrons. The summed E-state index contributed by atoms with van der Waals surface area (Å²) < 4.78 is 10.5. The fourth-order valence-electron chi connectivity index (χ4n) is 2.92. The Kier molecular flexibility index (Phi) is 5.71. The molecule has 0 saturated carbocycles. The predicted octanol–water partition coefficient (Wildman–Crippen LogP) is 0.723. The molecule has 3 heterocycles. The van der Waals surface area contributed by atoms with Crippen LogP contribution in [0.4, 0.5) is 0 Å². The van der Waals surface area contributed by atoms with Crippen LogP contribution in [0.5, 0.6) is 0 Å². The molecular formula is C13H26N2O2. The second kappa shape index (κ2) is 7.31. The maximum absolute atomic E-state index is 5.55. The maximum atomic E-state index is 5.55. The molecule has 1 unspecified atom stereocenters. The van der Waals surface area contributed by atoms with E-state index in [1.54, 1.807) is 7.11 Å². The standard InChI is InChI=1S/C13H26N2O2/c1-16-8-2-9-17-10-5-14-13-11-15-6-3-12(13)4-7-15/h12-14H,2-11H2,1H3. The summed E-state index contributed by atoms with van der Waals surface area (Å²) in [6.45, 7) is 7.30. The van der Waals surface area contributed by atoms with Gasteiger partial charge < -0.3 is 19.7 Å². The number of ether oxygens (including phenoxy) is 2. The molecule has 0 aliphatic carbocycles. The summed E-state index contributed by atoms with van der Waals surface area (Å²) in [5, 5.41) is 3.65. The van der Waals surface area contributed by atoms with Crippen LogP contribution in [0, 0.1) is 5.92 Å². The average Bonchev–Trinajstić information content (AvgIpc) is 2.39. The highest BCUT2D eigenvalue weighted by Gasteiger charge is 2.33. The summed E-state index contributed by atoms with van der Waals surface area (Å²) in [6.07, 6.45) is 3.76. The number of nitrogens with zero attached hydrogens (tertiary/aromatic N) is 1. The Labute approximate surface area is 105 Å². The lowest BCUT2D eigenvalue weighted by Crippen LogP contribution is -2.56. The monoisotopic (exact) mass is 242 g/mol. The molecule has 3 rings (SSSR count). The van der Waals surface area contributed by atoms with E-state index < -0.39 is 0 Å². The highest BCUT2D eigenvalue weighted by atomic mass is 16.5. The first kappa shape index (κ1) is 13.3. The third-order valence-electron chi connectivity index (χ3n) is 3.95. The summed E-state index contributed by atoms with van der Waals surface area (Å²) in [7, 11) is 1.73. The minimum Gasteiger partial charge on any atom is -0.385 e. The largest absolute Gasteiger partial charge is 0.385 e. The van der Waals surface area contributed by atoms with Gasteiger partial charge in [0.1, 0.15) is 0 Å². The van der Waals surface area contributed by atoms with Gasteiger partial charge in [0.15, 0.2) is 0 Å². The molecule has 0 spiro atoms. The summed E-state index contributed by atoms with van der Waals surface area (Å²) >= 11 is 0. The summed E-state index contributed by atoms with van der Waals surface area (Å²) in [5.74, 6) is 0.911. The maximum Gasteiger partial charge on any atom is 0.0591 e. The number of rotatable bonds is 8. The van der Waals surface area contributed by atoms with Crippen molar-refractivity contribution < 1.29 is 9.47 Å². The minimum atomic E-state index is 0.708. The molecule has 2 bridgehead atoms. The molecule has 1 N–H and O–H groups in total. The molecule has 0 aromatic heterocycles. The fourth-order valence-corrected chi connectivity index (χ4v) is 2.92. The van der Waals surface area contributed by atoms with E-state index >= 15 is 0 Å². The van der Waals surface area contributed by atoms with Gasteiger partial charge in [-0.3, -0.25) is 0 Å². The topological polar surface area (TPSA) is 33.7 Å². The molecule has 0 aromatic rings. The second-order valence-electron chi connectivity index (χ2n) is 5.16. The van der Waals surface area contributed by atoms with Crippen LogP contribution >= 0.6 is 0 Å². The van der Waals surface area contributed by atoms with Gasteiger partial charge in [0, 0.05) is 39.5 Å². The van der Waals surface area contributed by atoms with E-state index in [0.717, 1.165) is 38.7 Å². The van der Waals surface area contributed by atoms with Crippen molar-refractivity contribution in [2.75, 3.05) is 53.1 Å². The quantitative estimate of drug-likeness (QED) is 0.636. The Hall–Kier alpha value is -0.160. The number of hydrogen-bond acceptors (Lipinski definition) is 4. The van der Waals surface area contributed by atoms with Crippen molar-refractivity contribution in [1.29, 1.82) is 0 Å². The predicted molar refractivity (Wildman–Crippen MR) is 68.3 cm³/mol. The van der Waals surface area contributed by atoms with Gasteiger partial charge in [-0.15, -0.1) is 0 Å². The van der Waals surface area contributed by atoms with Gasteiger partial charge in [0.2, 0.25) is 0 Å². The van der Waals surface area contributed by atoms with Crippen molar-refractivity contribution >= 4 is 0 Å². The van der Waals surface area contributed by atoms with E-state index in [0.29, 0.717) is 6.04 Å². The smallest absolute Gasteiger partial charge is 0.0591 e. The van der Waals surface area contributed by atoms with Gasteiger partial charge in [0.05, 0.1) is 6.61 Å². The molecule has 3 fully saturated rings. The van der Waals surface area contributed by atoms with Crippen molar-refractivity contribution in [3.8, 4) is 0 Å². The highest BCUT2D eigenvalue weighted by molar-refractivity contribution is 4.90. The first-order valence-corrected chi connectivity index (χ1v) is 6.92. The van der Waals surface area contributed by atoms with E-state index in [1.165, 1.54) is 32.5 Å². The van der Waals surface area contributed by atoms with Crippen LogP contribution in [0.1, 0.15) is 19.3 Å². The number of fused-ring (bicyclic) bond motifs is 3. The first-order valence-electron chi connectivity index (χ1n) is 6.92. The van der Waals surface area contributed by atoms with E-state index in [4.69, 9.17) is 9.47 Å². The molecule has 3 saturated heterocycles. The second-order valence-corrected chi connectivity index (χ2v) is 5.16. The van der Waals surface area contributed by atoms with Gasteiger partial charge >= 0.3 is 0 Å². The third kappa shape index (κ3) is 4.21. The van der Waals surface area contributed by atoms with Gasteiger partial charge in [-0.05, 0) is 38.3 Å². The van der Waals surface area contributed by atoms with E-state index in [1.807, 2.05) is 0 Å². The lowest BCUT2D eigenvalue weighted by atomic mass is 9.84. The normalized spacial score (nSPS) is 31.9. The summed E-state index contributed by atoms with van der Waals surface area (Å²) in [5.41, 5.74) is 0. The molecule has 4 nitrogen and oxygen atoms in total. The zero-order valence-corrected chi connectivity index (χ0v) is 11.0. The molecule has 0 aromatic carbocycles. The molecule has 4 heteroatoms. The Morgan fingerprint density at radius 2 is 2.00 bits per heavy atom. The third-order valence-corrected chi connectivity index (χ3v) is 3.95. The molecule has 17 heavy (non-hydrogen) atoms. The highest BCUT2D eigenvalue weighted by Crippen LogP contribution is 2.27. The molecule has 3 aliphatic rings. The summed E-state index contributed by atoms with van der Waals surface area (Å²) in [6, 6.07) is 0.708. The van der Waals surface area contributed by atoms with Crippen LogP contribution in [-0.4, -0.2) is 64.1 Å². The Balaban J connectivity index is 1.48. The zero-order valence-electron chi connectivity index (χ0n) is 11.0. The van der Waals surface area contributed by atoms with Crippen molar-refractivity contribution in [3.63, 3.8) is 0 Å². The van der Waals surface area contributed by atoms with Crippen LogP contribution in [0.15, 0.2) is 0 Å². The van der Waals surface area contributed by atoms with E-state index in [-0.39, 0.29) is 0 Å². The zero-order chi connectivity index (χ0) is 11.9. The average molecular weight is 242 g/mol. The number of nitrogens with one attached hydrogen (secondary N) is 1. The van der Waals surface area contributed by atoms with E-state index in [2.05, 4.69) is 10.2 Å². The van der Waals surface area contributed by atoms with Gasteiger partial charge in [-0.25, -0.2) is 0 Å². The molecule has 0 amide bonds. The van der Waals surface area contributed by atoms with Crippen LogP contribution in [0.3, 0.4) is 0 Å². The lowest BCUT2D eigenvalue weighted by Gasteiger charge is -2.45. The van der Waals surface area contributed by atoms with Crippen molar-refractivity contribution in [3.05, 3.63) is 0 Å². The van der Waals surface area contributed by atoms with Crippen molar-refractivity contribution in [1.82, 2.24) is 10.2 Å². The van der Waals surface area contributed by atoms with Crippen LogP contribution in [0.25, 0.3) is 0 Å². The number of methoxy groups -OCH3 is 1. The van der Waals surface area contributed by atoms with Gasteiger partial charge in [-0.1, -0.05) is 0 Å². The lowest BCUT2D eigenvalue weighted by molar-refractivity contribution is 0.0621. The number of hydrogen-bond donors (Lipinski definition) is 1. The SMILES string of the molecule is COCCCOCCNC1CN2CCC1CC2. The van der Waals surface area contributed by atoms with Gasteiger partial charge in [0.25, 0.3) is 0 Å². The van der Waals surface area contributed by atoms with Crippen molar-refractivity contribution in [2.45, 2.75) is 25.3 Å². The Bertz CT molecular complexity index is 206. The molecule has 3 aliphatic heterocycles. The molecular weight excluding hydrogens is 216 g/mol. The van der Waals surface area contributed by atoms with Crippen molar-refractivity contribution in [2.24, 2.45) is 5.92 Å².